The number of nitrogens with zero attached hydrogens (tertiary/aromatic N) is 3. The summed E-state index contributed by atoms with van der Waals surface area (Å²) < 4.78 is 0. The fraction of sp³-hybridized carbons (Fsp3) is 0.179. The molecule has 5 aromatic carbocycles. The van der Waals surface area contributed by atoms with Crippen molar-refractivity contribution in [3.8, 4) is 5.75 Å². The first kappa shape index (κ1) is 29.4. The van der Waals surface area contributed by atoms with Gasteiger partial charge in [0.2, 0.25) is 11.8 Å². The molecule has 2 atom stereocenters. The molecular weight excluding hydrogens is 604 g/mol. The minimum atomic E-state index is -0.485. The van der Waals surface area contributed by atoms with E-state index in [-0.39, 0.29) is 17.7 Å². The predicted octanol–water partition coefficient (Wildman–Crippen LogP) is 6.63. The lowest BCUT2D eigenvalue weighted by Crippen LogP contribution is -2.49. The molecule has 0 saturated heterocycles. The number of aromatic hydroxyl groups is 1. The van der Waals surface area contributed by atoms with E-state index in [2.05, 4.69) is 5.32 Å². The Bertz CT molecular complexity index is 2090. The van der Waals surface area contributed by atoms with Crippen LogP contribution in [0.2, 0.25) is 0 Å². The van der Waals surface area contributed by atoms with Gasteiger partial charge in [-0.25, -0.2) is 0 Å². The van der Waals surface area contributed by atoms with E-state index in [0.717, 1.165) is 33.3 Å². The van der Waals surface area contributed by atoms with Gasteiger partial charge < -0.3 is 20.2 Å². The highest BCUT2D eigenvalue weighted by Crippen LogP contribution is 2.44. The quantitative estimate of drug-likeness (QED) is 0.160. The largest absolute Gasteiger partial charge is 0.506 e. The molecule has 0 aromatic heterocycles. The summed E-state index contributed by atoms with van der Waals surface area (Å²) in [5.74, 6) is -1.68. The number of amides is 4. The van der Waals surface area contributed by atoms with Crippen LogP contribution in [-0.4, -0.2) is 46.2 Å². The van der Waals surface area contributed by atoms with Gasteiger partial charge in [0.1, 0.15) is 12.3 Å². The van der Waals surface area contributed by atoms with Gasteiger partial charge in [0.15, 0.2) is 0 Å². The summed E-state index contributed by atoms with van der Waals surface area (Å²) in [4.78, 5) is 59.1. The number of rotatable bonds is 6. The number of carbonyl (C=O) groups is 4. The van der Waals surface area contributed by atoms with Crippen molar-refractivity contribution in [3.05, 3.63) is 126 Å². The first-order chi connectivity index (χ1) is 23.4. The van der Waals surface area contributed by atoms with Gasteiger partial charge in [0.05, 0.1) is 40.7 Å². The summed E-state index contributed by atoms with van der Waals surface area (Å²) in [6.45, 7) is -0.113. The van der Waals surface area contributed by atoms with Gasteiger partial charge in [-0.1, -0.05) is 73.2 Å². The molecule has 4 amide bonds. The van der Waals surface area contributed by atoms with E-state index in [1.165, 1.54) is 0 Å². The highest BCUT2D eigenvalue weighted by atomic mass is 16.3. The van der Waals surface area contributed by atoms with Crippen molar-refractivity contribution >= 4 is 57.2 Å². The van der Waals surface area contributed by atoms with Crippen LogP contribution in [0.25, 0.3) is 10.8 Å². The first-order valence-corrected chi connectivity index (χ1v) is 16.1. The van der Waals surface area contributed by atoms with E-state index in [4.69, 9.17) is 0 Å². The summed E-state index contributed by atoms with van der Waals surface area (Å²) in [6.07, 6.45) is 2.07. The smallest absolute Gasteiger partial charge is 0.262 e. The number of benzene rings is 5. The number of hydrogen-bond acceptors (Lipinski definition) is 6. The van der Waals surface area contributed by atoms with Crippen molar-refractivity contribution < 1.29 is 24.3 Å². The highest BCUT2D eigenvalue weighted by Gasteiger charge is 2.47. The molecule has 9 heteroatoms. The van der Waals surface area contributed by atoms with Crippen LogP contribution in [0.4, 0.5) is 22.7 Å². The van der Waals surface area contributed by atoms with Crippen molar-refractivity contribution in [2.45, 2.75) is 31.8 Å². The molecule has 2 heterocycles. The lowest BCUT2D eigenvalue weighted by atomic mass is 10.0. The molecule has 2 aliphatic heterocycles. The zero-order valence-electron chi connectivity index (χ0n) is 26.0. The maximum Gasteiger partial charge on any atom is 0.262 e. The van der Waals surface area contributed by atoms with Gasteiger partial charge in [0.25, 0.3) is 11.8 Å². The van der Waals surface area contributed by atoms with Gasteiger partial charge in [0, 0.05) is 17.1 Å². The van der Waals surface area contributed by atoms with E-state index in [1.807, 2.05) is 78.9 Å². The van der Waals surface area contributed by atoms with Crippen LogP contribution < -0.4 is 15.1 Å². The number of nitrogens with one attached hydrogen (secondary N) is 1. The van der Waals surface area contributed by atoms with Crippen molar-refractivity contribution in [1.29, 1.82) is 0 Å². The summed E-state index contributed by atoms with van der Waals surface area (Å²) in [6, 6.07) is 32.7. The standard InChI is InChI=1S/C39H32N4O5/c44-34-21-18-25-8-1-2-9-27(25)36(34)40-26-19-16-24(17-20-26)22-41-32-13-5-6-14-33(32)43(31-15-7-12-30(31)39(41)48)35(45)23-42-37(46)28-10-3-4-11-29(28)38(42)47/h1-6,8-11,13-14,16-21,30-31,40,44H,7,12,15,22-23H2/t30-,31+/m0/s1. The fourth-order valence-corrected chi connectivity index (χ4v) is 7.42. The van der Waals surface area contributed by atoms with E-state index in [1.54, 1.807) is 40.1 Å². The molecule has 0 unspecified atom stereocenters. The molecule has 5 aromatic rings. The van der Waals surface area contributed by atoms with Crippen LogP contribution >= 0.6 is 0 Å². The molecule has 1 fully saturated rings. The second-order valence-corrected chi connectivity index (χ2v) is 12.5. The molecular formula is C39H32N4O5. The van der Waals surface area contributed by atoms with E-state index < -0.39 is 30.2 Å². The summed E-state index contributed by atoms with van der Waals surface area (Å²) >= 11 is 0. The second kappa shape index (κ2) is 11.7. The normalized spacial score (nSPS) is 18.5. The zero-order valence-corrected chi connectivity index (χ0v) is 26.0. The number of phenolic OH excluding ortho intramolecular Hbond substituents is 1. The summed E-state index contributed by atoms with van der Waals surface area (Å²) in [7, 11) is 0. The molecule has 0 bridgehead atoms. The Labute approximate surface area is 277 Å². The molecule has 2 N–H and O–H groups in total. The van der Waals surface area contributed by atoms with Gasteiger partial charge in [-0.2, -0.15) is 0 Å². The Kier molecular flexibility index (Phi) is 7.17. The van der Waals surface area contributed by atoms with Crippen LogP contribution in [0.3, 0.4) is 0 Å². The Balaban J connectivity index is 1.08. The number of imide groups is 1. The Hall–Kier alpha value is -5.96. The molecule has 1 aliphatic carbocycles. The third-order valence-electron chi connectivity index (χ3n) is 9.74. The number of phenols is 1. The Morgan fingerprint density at radius 2 is 1.40 bits per heavy atom. The molecule has 8 rings (SSSR count). The van der Waals surface area contributed by atoms with E-state index in [0.29, 0.717) is 47.6 Å². The molecule has 0 spiro atoms. The Morgan fingerprint density at radius 3 is 2.15 bits per heavy atom. The molecule has 3 aliphatic rings. The van der Waals surface area contributed by atoms with Crippen LogP contribution in [0.5, 0.6) is 5.75 Å². The number of fused-ring (bicyclic) bond motifs is 4. The highest BCUT2D eigenvalue weighted by molar-refractivity contribution is 6.23. The molecule has 238 valence electrons. The average molecular weight is 637 g/mol. The monoisotopic (exact) mass is 636 g/mol. The Morgan fingerprint density at radius 1 is 0.729 bits per heavy atom. The van der Waals surface area contributed by atoms with Crippen LogP contribution in [-0.2, 0) is 16.1 Å². The second-order valence-electron chi connectivity index (χ2n) is 12.5. The third kappa shape index (κ3) is 4.86. The lowest BCUT2D eigenvalue weighted by Gasteiger charge is -2.31. The van der Waals surface area contributed by atoms with Crippen LogP contribution in [0, 0.1) is 5.92 Å². The molecule has 1 saturated carbocycles. The maximum atomic E-state index is 14.3. The van der Waals surface area contributed by atoms with E-state index in [9.17, 15) is 24.3 Å². The van der Waals surface area contributed by atoms with Crippen LogP contribution in [0.1, 0.15) is 45.5 Å². The topological polar surface area (TPSA) is 110 Å². The molecule has 48 heavy (non-hydrogen) atoms. The fourth-order valence-electron chi connectivity index (χ4n) is 7.42. The zero-order chi connectivity index (χ0) is 32.9. The van der Waals surface area contributed by atoms with Crippen molar-refractivity contribution in [2.24, 2.45) is 5.92 Å². The van der Waals surface area contributed by atoms with Crippen molar-refractivity contribution in [2.75, 3.05) is 21.7 Å². The van der Waals surface area contributed by atoms with Crippen molar-refractivity contribution in [3.63, 3.8) is 0 Å². The SMILES string of the molecule is O=C1c2ccccc2C(=O)N1CC(=O)N1c2ccccc2N(Cc2ccc(Nc3c(O)ccc4ccccc34)cc2)C(=O)[C@H]2CCC[C@H]21. The maximum absolute atomic E-state index is 14.3. The molecule has 0 radical (unpaired) electrons. The van der Waals surface area contributed by atoms with Crippen LogP contribution in [0.15, 0.2) is 109 Å². The first-order valence-electron chi connectivity index (χ1n) is 16.1. The van der Waals surface area contributed by atoms with Crippen molar-refractivity contribution in [1.82, 2.24) is 4.90 Å². The third-order valence-corrected chi connectivity index (χ3v) is 9.74. The van der Waals surface area contributed by atoms with Gasteiger partial charge >= 0.3 is 0 Å². The van der Waals surface area contributed by atoms with Gasteiger partial charge in [-0.3, -0.25) is 24.1 Å². The van der Waals surface area contributed by atoms with Gasteiger partial charge in [-0.05, 0) is 66.3 Å². The lowest BCUT2D eigenvalue weighted by molar-refractivity contribution is -0.123. The predicted molar refractivity (Wildman–Crippen MR) is 183 cm³/mol. The van der Waals surface area contributed by atoms with Gasteiger partial charge in [-0.15, -0.1) is 0 Å². The number of para-hydroxylation sites is 2. The number of hydrogen-bond donors (Lipinski definition) is 2. The molecule has 9 nitrogen and oxygen atoms in total. The minimum absolute atomic E-state index is 0.0520. The number of carbonyl (C=O) groups excluding carboxylic acids is 4. The summed E-state index contributed by atoms with van der Waals surface area (Å²) in [5, 5.41) is 15.9. The summed E-state index contributed by atoms with van der Waals surface area (Å²) in [5.41, 5.74) is 4.08. The average Bonchev–Trinajstić information content (AvgIpc) is 3.66. The number of anilines is 4. The minimum Gasteiger partial charge on any atom is -0.506 e. The van der Waals surface area contributed by atoms with E-state index >= 15 is 0 Å².